The number of likely N-dealkylation sites (tertiary alicyclic amines) is 1. The number of ether oxygens (including phenoxy) is 2. The van der Waals surface area contributed by atoms with Gasteiger partial charge in [-0.1, -0.05) is 0 Å². The topological polar surface area (TPSA) is 108 Å². The van der Waals surface area contributed by atoms with E-state index in [9.17, 15) is 20.0 Å². The summed E-state index contributed by atoms with van der Waals surface area (Å²) in [5.41, 5.74) is 0.671. The fraction of sp³-hybridized carbons (Fsp3) is 0.368. The third-order valence-corrected chi connectivity index (χ3v) is 5.74. The van der Waals surface area contributed by atoms with Crippen LogP contribution in [0.3, 0.4) is 0 Å². The average molecular weight is 385 g/mol. The Bertz CT molecular complexity index is 1020. The van der Waals surface area contributed by atoms with E-state index in [1.54, 1.807) is 28.8 Å². The fourth-order valence-electron chi connectivity index (χ4n) is 4.49. The maximum absolute atomic E-state index is 13.0. The molecule has 2 aromatic rings. The summed E-state index contributed by atoms with van der Waals surface area (Å²) in [7, 11) is 0. The average Bonchev–Trinajstić information content (AvgIpc) is 3.15. The lowest BCUT2D eigenvalue weighted by Gasteiger charge is -2.42. The SMILES string of the molecule is O=C(c1ccc2c(c1)OCO2)N1C[C@@H]2C[C@H](C1)c1ccc([NH+]([O-])O)c(=O)n1C2. The van der Waals surface area contributed by atoms with Gasteiger partial charge in [0.15, 0.2) is 11.5 Å². The number of aromatic nitrogens is 1. The second-order valence-electron chi connectivity index (χ2n) is 7.47. The lowest BCUT2D eigenvalue weighted by molar-refractivity contribution is -0.992. The molecule has 1 fully saturated rings. The highest BCUT2D eigenvalue weighted by molar-refractivity contribution is 5.95. The zero-order chi connectivity index (χ0) is 19.4. The van der Waals surface area contributed by atoms with Gasteiger partial charge in [0.05, 0.1) is 0 Å². The molecule has 146 valence electrons. The third-order valence-electron chi connectivity index (χ3n) is 5.74. The Morgan fingerprint density at radius 3 is 2.79 bits per heavy atom. The monoisotopic (exact) mass is 385 g/mol. The van der Waals surface area contributed by atoms with Crippen LogP contribution in [-0.2, 0) is 6.54 Å². The summed E-state index contributed by atoms with van der Waals surface area (Å²) in [5, 5.41) is 19.2. The Hall–Kier alpha value is -2.88. The van der Waals surface area contributed by atoms with Crippen molar-refractivity contribution in [2.45, 2.75) is 18.9 Å². The molecular weight excluding hydrogens is 366 g/mol. The molecule has 1 aromatic carbocycles. The lowest BCUT2D eigenvalue weighted by Crippen LogP contribution is -3.00. The standard InChI is InChI=1S/C19H19N3O6/c23-18(12-1-4-16-17(6-12)28-10-27-16)20-7-11-5-13(9-20)14-2-3-15(22(25)26)19(24)21(14)8-11/h1-4,6,11,13,22,25H,5,7-10H2/t11-,13+/m0/s1. The molecule has 0 spiro atoms. The highest BCUT2D eigenvalue weighted by atomic mass is 16.8. The number of carbonyl (C=O) groups excluding carboxylic acids is 1. The van der Waals surface area contributed by atoms with Gasteiger partial charge in [0.25, 0.3) is 5.91 Å². The van der Waals surface area contributed by atoms with Crippen LogP contribution in [0.25, 0.3) is 0 Å². The van der Waals surface area contributed by atoms with E-state index in [2.05, 4.69) is 0 Å². The molecule has 1 aromatic heterocycles. The maximum atomic E-state index is 13.0. The van der Waals surface area contributed by atoms with Gasteiger partial charge in [0.2, 0.25) is 12.5 Å². The smallest absolute Gasteiger partial charge is 0.315 e. The first-order chi connectivity index (χ1) is 13.5. The number of piperidine rings is 1. The van der Waals surface area contributed by atoms with Crippen LogP contribution in [0.2, 0.25) is 0 Å². The zero-order valence-corrected chi connectivity index (χ0v) is 15.0. The van der Waals surface area contributed by atoms with Gasteiger partial charge in [-0.25, -0.2) is 5.21 Å². The van der Waals surface area contributed by atoms with Gasteiger partial charge in [-0.15, -0.1) is 0 Å². The summed E-state index contributed by atoms with van der Waals surface area (Å²) in [5.74, 6) is 1.26. The molecule has 0 saturated carbocycles. The molecule has 1 amide bonds. The van der Waals surface area contributed by atoms with E-state index in [0.717, 1.165) is 12.1 Å². The first-order valence-electron chi connectivity index (χ1n) is 9.17. The number of pyridine rings is 1. The minimum Gasteiger partial charge on any atom is -0.595 e. The van der Waals surface area contributed by atoms with E-state index in [0.29, 0.717) is 36.7 Å². The fourth-order valence-corrected chi connectivity index (χ4v) is 4.49. The lowest BCUT2D eigenvalue weighted by atomic mass is 9.83. The van der Waals surface area contributed by atoms with Crippen molar-refractivity contribution in [3.8, 4) is 11.5 Å². The van der Waals surface area contributed by atoms with Crippen LogP contribution in [0.5, 0.6) is 11.5 Å². The van der Waals surface area contributed by atoms with Crippen LogP contribution in [0, 0.1) is 11.1 Å². The van der Waals surface area contributed by atoms with Crippen LogP contribution >= 0.6 is 0 Å². The van der Waals surface area contributed by atoms with Gasteiger partial charge < -0.3 is 24.1 Å². The molecule has 1 saturated heterocycles. The van der Waals surface area contributed by atoms with Gasteiger partial charge in [0, 0.05) is 42.9 Å². The number of hydrogen-bond acceptors (Lipinski definition) is 6. The summed E-state index contributed by atoms with van der Waals surface area (Å²) in [6.45, 7) is 1.62. The Labute approximate surface area is 159 Å². The van der Waals surface area contributed by atoms with Crippen molar-refractivity contribution in [2.24, 2.45) is 5.92 Å². The van der Waals surface area contributed by atoms with Crippen LogP contribution < -0.4 is 20.3 Å². The summed E-state index contributed by atoms with van der Waals surface area (Å²) in [4.78, 5) is 27.4. The maximum Gasteiger partial charge on any atom is 0.315 e. The molecular formula is C19H19N3O6. The van der Waals surface area contributed by atoms with Crippen molar-refractivity contribution < 1.29 is 24.7 Å². The minimum atomic E-state index is -1.21. The van der Waals surface area contributed by atoms with E-state index < -0.39 is 10.8 Å². The first kappa shape index (κ1) is 17.2. The minimum absolute atomic E-state index is 0.0148. The van der Waals surface area contributed by atoms with Crippen molar-refractivity contribution in [2.75, 3.05) is 19.9 Å². The molecule has 5 rings (SSSR count). The van der Waals surface area contributed by atoms with Gasteiger partial charge in [-0.3, -0.25) is 9.59 Å². The van der Waals surface area contributed by atoms with E-state index in [1.807, 2.05) is 4.90 Å². The number of carbonyl (C=O) groups is 1. The number of fused-ring (bicyclic) bond motifs is 5. The predicted octanol–water partition coefficient (Wildman–Crippen LogP) is 0.240. The van der Waals surface area contributed by atoms with Crippen molar-refractivity contribution in [3.63, 3.8) is 0 Å². The Kier molecular flexibility index (Phi) is 3.90. The summed E-state index contributed by atoms with van der Waals surface area (Å²) >= 11 is 0. The number of amides is 1. The molecule has 2 N–H and O–H groups in total. The number of nitrogens with one attached hydrogen (secondary N) is 1. The van der Waals surface area contributed by atoms with Crippen molar-refractivity contribution >= 4 is 11.6 Å². The normalized spacial score (nSPS) is 23.3. The Morgan fingerprint density at radius 1 is 1.14 bits per heavy atom. The van der Waals surface area contributed by atoms with Crippen LogP contribution in [0.15, 0.2) is 35.1 Å². The third kappa shape index (κ3) is 2.67. The molecule has 0 radical (unpaired) electrons. The van der Waals surface area contributed by atoms with E-state index in [4.69, 9.17) is 9.47 Å². The van der Waals surface area contributed by atoms with Gasteiger partial charge >= 0.3 is 5.56 Å². The molecule has 9 heteroatoms. The number of benzene rings is 1. The Balaban J connectivity index is 1.43. The van der Waals surface area contributed by atoms with Crippen molar-refractivity contribution in [1.29, 1.82) is 0 Å². The van der Waals surface area contributed by atoms with E-state index in [-0.39, 0.29) is 30.2 Å². The highest BCUT2D eigenvalue weighted by Crippen LogP contribution is 2.37. The summed E-state index contributed by atoms with van der Waals surface area (Å²) < 4.78 is 12.2. The zero-order valence-electron chi connectivity index (χ0n) is 15.0. The number of quaternary nitrogens is 1. The van der Waals surface area contributed by atoms with E-state index in [1.165, 1.54) is 6.07 Å². The van der Waals surface area contributed by atoms with Crippen molar-refractivity contribution in [3.05, 3.63) is 57.2 Å². The molecule has 1 unspecified atom stereocenters. The number of hydrogen-bond donors (Lipinski definition) is 2. The number of nitrogens with zero attached hydrogens (tertiary/aromatic N) is 2. The summed E-state index contributed by atoms with van der Waals surface area (Å²) in [6.07, 6.45) is 0.886. The largest absolute Gasteiger partial charge is 0.595 e. The molecule has 3 aliphatic rings. The molecule has 9 nitrogen and oxygen atoms in total. The number of rotatable bonds is 2. The molecule has 0 aliphatic carbocycles. The molecule has 28 heavy (non-hydrogen) atoms. The van der Waals surface area contributed by atoms with Gasteiger partial charge in [-0.05, 0) is 36.6 Å². The Morgan fingerprint density at radius 2 is 1.96 bits per heavy atom. The van der Waals surface area contributed by atoms with Crippen molar-refractivity contribution in [1.82, 2.24) is 9.47 Å². The van der Waals surface area contributed by atoms with E-state index >= 15 is 0 Å². The summed E-state index contributed by atoms with van der Waals surface area (Å²) in [6, 6.07) is 8.25. The van der Waals surface area contributed by atoms with Crippen LogP contribution in [0.4, 0.5) is 5.69 Å². The quantitative estimate of drug-likeness (QED) is 0.717. The second kappa shape index (κ2) is 6.33. The van der Waals surface area contributed by atoms with Crippen LogP contribution in [-0.4, -0.2) is 40.5 Å². The highest BCUT2D eigenvalue weighted by Gasteiger charge is 2.37. The second-order valence-corrected chi connectivity index (χ2v) is 7.47. The molecule has 3 aliphatic heterocycles. The van der Waals surface area contributed by atoms with Gasteiger partial charge in [0.1, 0.15) is 0 Å². The molecule has 4 heterocycles. The predicted molar refractivity (Wildman–Crippen MR) is 95.8 cm³/mol. The first-order valence-corrected chi connectivity index (χ1v) is 9.17. The van der Waals surface area contributed by atoms with Crippen LogP contribution in [0.1, 0.15) is 28.4 Å². The molecule has 2 bridgehead atoms. The van der Waals surface area contributed by atoms with Gasteiger partial charge in [-0.2, -0.15) is 5.23 Å². The molecule has 3 atom stereocenters.